The average molecular weight is 345 g/mol. The lowest BCUT2D eigenvalue weighted by molar-refractivity contribution is 0.00223. The van der Waals surface area contributed by atoms with Crippen molar-refractivity contribution >= 4 is 0 Å². The van der Waals surface area contributed by atoms with Gasteiger partial charge in [-0.3, -0.25) is 0 Å². The molecule has 0 aromatic heterocycles. The van der Waals surface area contributed by atoms with Gasteiger partial charge in [0.05, 0.1) is 19.8 Å². The zero-order chi connectivity index (χ0) is 17.1. The Hall–Kier alpha value is -1.10. The first-order chi connectivity index (χ1) is 12.3. The molecule has 3 heterocycles. The standard InChI is InChI=1S/C21H31NO3/c1-23-19-4-2-3-17(13-19)14-20-15-21(16-25-20)7-9-22(10-8-21)18-5-11-24-12-6-18/h2-4,13,18,20H,5-12,14-16H2,1H3/t20-/m0/s1. The van der Waals surface area contributed by atoms with Crippen molar-refractivity contribution in [1.29, 1.82) is 0 Å². The van der Waals surface area contributed by atoms with E-state index < -0.39 is 0 Å². The van der Waals surface area contributed by atoms with Crippen LogP contribution < -0.4 is 4.74 Å². The van der Waals surface area contributed by atoms with Crippen LogP contribution in [0.25, 0.3) is 0 Å². The summed E-state index contributed by atoms with van der Waals surface area (Å²) in [7, 11) is 1.73. The summed E-state index contributed by atoms with van der Waals surface area (Å²) >= 11 is 0. The van der Waals surface area contributed by atoms with Crippen LogP contribution >= 0.6 is 0 Å². The van der Waals surface area contributed by atoms with Gasteiger partial charge in [0.1, 0.15) is 5.75 Å². The highest BCUT2D eigenvalue weighted by Crippen LogP contribution is 2.43. The monoisotopic (exact) mass is 345 g/mol. The van der Waals surface area contributed by atoms with Crippen molar-refractivity contribution in [2.45, 2.75) is 50.7 Å². The molecule has 0 radical (unpaired) electrons. The second kappa shape index (κ2) is 7.65. The van der Waals surface area contributed by atoms with Gasteiger partial charge in [-0.1, -0.05) is 12.1 Å². The molecule has 0 N–H and O–H groups in total. The molecular weight excluding hydrogens is 314 g/mol. The molecule has 1 aromatic rings. The maximum Gasteiger partial charge on any atom is 0.119 e. The van der Waals surface area contributed by atoms with Crippen molar-refractivity contribution in [2.24, 2.45) is 5.41 Å². The van der Waals surface area contributed by atoms with E-state index in [2.05, 4.69) is 23.1 Å². The summed E-state index contributed by atoms with van der Waals surface area (Å²) in [6.45, 7) is 5.30. The van der Waals surface area contributed by atoms with Gasteiger partial charge in [0, 0.05) is 19.3 Å². The number of hydrogen-bond acceptors (Lipinski definition) is 4. The lowest BCUT2D eigenvalue weighted by Gasteiger charge is -2.43. The van der Waals surface area contributed by atoms with Gasteiger partial charge in [-0.25, -0.2) is 0 Å². The molecule has 1 spiro atoms. The smallest absolute Gasteiger partial charge is 0.119 e. The summed E-state index contributed by atoms with van der Waals surface area (Å²) in [6.07, 6.45) is 7.58. The van der Waals surface area contributed by atoms with Crippen molar-refractivity contribution in [3.8, 4) is 5.75 Å². The van der Waals surface area contributed by atoms with Crippen LogP contribution in [-0.4, -0.2) is 57.1 Å². The van der Waals surface area contributed by atoms with Gasteiger partial charge in [0.2, 0.25) is 0 Å². The molecule has 4 heteroatoms. The van der Waals surface area contributed by atoms with Gasteiger partial charge in [-0.05, 0) is 74.7 Å². The van der Waals surface area contributed by atoms with E-state index in [0.29, 0.717) is 11.5 Å². The number of ether oxygens (including phenoxy) is 3. The fraction of sp³-hybridized carbons (Fsp3) is 0.714. The third-order valence-corrected chi connectivity index (χ3v) is 6.45. The van der Waals surface area contributed by atoms with Gasteiger partial charge in [-0.15, -0.1) is 0 Å². The average Bonchev–Trinajstić information content (AvgIpc) is 3.05. The van der Waals surface area contributed by atoms with Crippen LogP contribution in [0.5, 0.6) is 5.75 Å². The van der Waals surface area contributed by atoms with Crippen LogP contribution in [0.4, 0.5) is 0 Å². The fourth-order valence-corrected chi connectivity index (χ4v) is 4.85. The second-order valence-corrected chi connectivity index (χ2v) is 8.07. The van der Waals surface area contributed by atoms with E-state index in [4.69, 9.17) is 14.2 Å². The third-order valence-electron chi connectivity index (χ3n) is 6.45. The van der Waals surface area contributed by atoms with E-state index in [-0.39, 0.29) is 0 Å². The zero-order valence-corrected chi connectivity index (χ0v) is 15.4. The molecule has 3 aliphatic rings. The lowest BCUT2D eigenvalue weighted by atomic mass is 9.75. The van der Waals surface area contributed by atoms with Crippen LogP contribution in [0, 0.1) is 5.41 Å². The minimum atomic E-state index is 0.363. The Kier molecular flexibility index (Phi) is 5.30. The third kappa shape index (κ3) is 4.02. The molecule has 3 aliphatic heterocycles. The van der Waals surface area contributed by atoms with E-state index in [9.17, 15) is 0 Å². The number of methoxy groups -OCH3 is 1. The molecule has 0 amide bonds. The Balaban J connectivity index is 1.30. The molecule has 3 saturated heterocycles. The minimum absolute atomic E-state index is 0.363. The molecule has 3 fully saturated rings. The number of nitrogens with zero attached hydrogens (tertiary/aromatic N) is 1. The van der Waals surface area contributed by atoms with Crippen molar-refractivity contribution < 1.29 is 14.2 Å². The molecule has 1 aromatic carbocycles. The van der Waals surface area contributed by atoms with Crippen LogP contribution in [-0.2, 0) is 15.9 Å². The van der Waals surface area contributed by atoms with E-state index in [0.717, 1.165) is 38.0 Å². The predicted molar refractivity (Wildman–Crippen MR) is 98.1 cm³/mol. The number of likely N-dealkylation sites (tertiary alicyclic amines) is 1. The molecule has 0 saturated carbocycles. The summed E-state index contributed by atoms with van der Waals surface area (Å²) in [6, 6.07) is 9.16. The van der Waals surface area contributed by atoms with Crippen molar-refractivity contribution in [2.75, 3.05) is 40.0 Å². The molecule has 0 unspecified atom stereocenters. The van der Waals surface area contributed by atoms with Crippen LogP contribution in [0.3, 0.4) is 0 Å². The van der Waals surface area contributed by atoms with Crippen LogP contribution in [0.1, 0.15) is 37.7 Å². The van der Waals surface area contributed by atoms with Gasteiger partial charge in [0.25, 0.3) is 0 Å². The SMILES string of the molecule is COc1cccc(C[C@H]2CC3(CCN(C4CCOCC4)CC3)CO2)c1. The number of benzene rings is 1. The van der Waals surface area contributed by atoms with E-state index in [1.54, 1.807) is 7.11 Å². The quantitative estimate of drug-likeness (QED) is 0.838. The molecular formula is C21H31NO3. The Morgan fingerprint density at radius 3 is 2.76 bits per heavy atom. The predicted octanol–water partition coefficient (Wildman–Crippen LogP) is 3.29. The molecule has 4 nitrogen and oxygen atoms in total. The van der Waals surface area contributed by atoms with E-state index >= 15 is 0 Å². The Labute approximate surface area is 151 Å². The van der Waals surface area contributed by atoms with Crippen LogP contribution in [0.2, 0.25) is 0 Å². The Morgan fingerprint density at radius 2 is 2.00 bits per heavy atom. The van der Waals surface area contributed by atoms with Crippen molar-refractivity contribution in [3.63, 3.8) is 0 Å². The van der Waals surface area contributed by atoms with E-state index in [1.165, 1.54) is 50.8 Å². The van der Waals surface area contributed by atoms with E-state index in [1.807, 2.05) is 6.07 Å². The molecule has 1 atom stereocenters. The highest BCUT2D eigenvalue weighted by atomic mass is 16.5. The number of piperidine rings is 1. The van der Waals surface area contributed by atoms with Gasteiger partial charge in [0.15, 0.2) is 0 Å². The topological polar surface area (TPSA) is 30.9 Å². The van der Waals surface area contributed by atoms with Crippen molar-refractivity contribution in [3.05, 3.63) is 29.8 Å². The molecule has 25 heavy (non-hydrogen) atoms. The zero-order valence-electron chi connectivity index (χ0n) is 15.4. The van der Waals surface area contributed by atoms with Crippen LogP contribution in [0.15, 0.2) is 24.3 Å². The highest BCUT2D eigenvalue weighted by molar-refractivity contribution is 5.29. The number of hydrogen-bond donors (Lipinski definition) is 0. The maximum atomic E-state index is 6.23. The van der Waals surface area contributed by atoms with Crippen molar-refractivity contribution in [1.82, 2.24) is 4.90 Å². The lowest BCUT2D eigenvalue weighted by Crippen LogP contribution is -2.47. The summed E-state index contributed by atoms with van der Waals surface area (Å²) < 4.78 is 17.1. The second-order valence-electron chi connectivity index (χ2n) is 8.07. The highest BCUT2D eigenvalue weighted by Gasteiger charge is 2.43. The minimum Gasteiger partial charge on any atom is -0.497 e. The molecule has 0 aliphatic carbocycles. The summed E-state index contributed by atoms with van der Waals surface area (Å²) in [5.41, 5.74) is 1.74. The summed E-state index contributed by atoms with van der Waals surface area (Å²) in [5.74, 6) is 0.940. The first kappa shape index (κ1) is 17.3. The fourth-order valence-electron chi connectivity index (χ4n) is 4.85. The molecule has 138 valence electrons. The Morgan fingerprint density at radius 1 is 1.20 bits per heavy atom. The van der Waals surface area contributed by atoms with Gasteiger partial charge >= 0.3 is 0 Å². The summed E-state index contributed by atoms with van der Waals surface area (Å²) in [5, 5.41) is 0. The first-order valence-electron chi connectivity index (χ1n) is 9.83. The van der Waals surface area contributed by atoms with Gasteiger partial charge in [-0.2, -0.15) is 0 Å². The summed E-state index contributed by atoms with van der Waals surface area (Å²) in [4.78, 5) is 2.71. The normalized spacial score (nSPS) is 27.6. The first-order valence-corrected chi connectivity index (χ1v) is 9.83. The Bertz CT molecular complexity index is 562. The van der Waals surface area contributed by atoms with Gasteiger partial charge < -0.3 is 19.1 Å². The largest absolute Gasteiger partial charge is 0.497 e. The molecule has 4 rings (SSSR count). The maximum absolute atomic E-state index is 6.23. The number of rotatable bonds is 4. The molecule has 0 bridgehead atoms.